The molecule has 0 N–H and O–H groups in total. The molecule has 16 heavy (non-hydrogen) atoms. The number of benzene rings is 2. The van der Waals surface area contributed by atoms with E-state index in [1.807, 2.05) is 0 Å². The van der Waals surface area contributed by atoms with Crippen LogP contribution in [0.4, 0.5) is 0 Å². The van der Waals surface area contributed by atoms with Crippen LogP contribution in [0.5, 0.6) is 0 Å². The van der Waals surface area contributed by atoms with E-state index in [4.69, 9.17) is 8.32 Å². The third-order valence-corrected chi connectivity index (χ3v) is 14.4. The Labute approximate surface area is 109 Å². The van der Waals surface area contributed by atoms with Gasteiger partial charge in [-0.3, -0.25) is 0 Å². The van der Waals surface area contributed by atoms with Crippen molar-refractivity contribution in [3.8, 4) is 0 Å². The molecule has 0 amide bonds. The number of halogens is 1. The van der Waals surface area contributed by atoms with Gasteiger partial charge in [-0.15, -0.1) is 0 Å². The molecule has 0 heterocycles. The van der Waals surface area contributed by atoms with Gasteiger partial charge in [0.1, 0.15) is 0 Å². The van der Waals surface area contributed by atoms with Crippen molar-refractivity contribution in [2.24, 2.45) is 0 Å². The monoisotopic (exact) mass is 422 g/mol. The van der Waals surface area contributed by atoms with Crippen LogP contribution in [0.1, 0.15) is 11.1 Å². The maximum absolute atomic E-state index is 6.70. The van der Waals surface area contributed by atoms with Gasteiger partial charge in [0.25, 0.3) is 0 Å². The molecule has 0 fully saturated rings. The number of rotatable bonds is 2. The molecule has 0 aliphatic carbocycles. The molecule has 0 bridgehead atoms. The van der Waals surface area contributed by atoms with Gasteiger partial charge in [-0.2, -0.15) is 0 Å². The molecule has 0 unspecified atom stereocenters. The molecule has 2 aromatic carbocycles. The maximum atomic E-state index is 6.70. The van der Waals surface area contributed by atoms with Gasteiger partial charge < -0.3 is 0 Å². The number of aryl methyl sites for hydroxylation is 2. The summed E-state index contributed by atoms with van der Waals surface area (Å²) in [5.74, 6) is 0. The summed E-state index contributed by atoms with van der Waals surface area (Å²) in [5.41, 5.74) is 2.60. The van der Waals surface area contributed by atoms with Crippen LogP contribution in [0.3, 0.4) is 0 Å². The molecule has 0 aliphatic heterocycles. The van der Waals surface area contributed by atoms with Gasteiger partial charge in [0.05, 0.1) is 0 Å². The van der Waals surface area contributed by atoms with Gasteiger partial charge in [-0.25, -0.2) is 0 Å². The zero-order chi connectivity index (χ0) is 11.5. The molecule has 2 rings (SSSR count). The molecule has 80 valence electrons. The Morgan fingerprint density at radius 3 is 1.62 bits per heavy atom. The Hall–Kier alpha value is -0.348. The van der Waals surface area contributed by atoms with Crippen molar-refractivity contribution in [1.29, 1.82) is 0 Å². The first kappa shape index (κ1) is 12.1. The van der Waals surface area contributed by atoms with Gasteiger partial charge in [-0.05, 0) is 0 Å². The fraction of sp³-hybridized carbons (Fsp3) is 0.143. The third-order valence-electron chi connectivity index (χ3n) is 2.67. The van der Waals surface area contributed by atoms with E-state index in [1.54, 1.807) is 0 Å². The topological polar surface area (TPSA) is 0 Å². The van der Waals surface area contributed by atoms with E-state index in [2.05, 4.69) is 62.4 Å². The molecule has 0 aliphatic rings. The van der Waals surface area contributed by atoms with Crippen molar-refractivity contribution in [1.82, 2.24) is 0 Å². The van der Waals surface area contributed by atoms with Crippen LogP contribution in [0.2, 0.25) is 0 Å². The van der Waals surface area contributed by atoms with Gasteiger partial charge >= 0.3 is 110 Å². The van der Waals surface area contributed by atoms with Crippen LogP contribution in [-0.4, -0.2) is 21.5 Å². The van der Waals surface area contributed by atoms with E-state index < -0.39 is 21.5 Å². The minimum atomic E-state index is -2.37. The van der Waals surface area contributed by atoms with E-state index in [9.17, 15) is 0 Å². The van der Waals surface area contributed by atoms with Gasteiger partial charge in [-0.1, -0.05) is 0 Å². The molecule has 2 aromatic rings. The standard InChI is InChI=1S/2C7H7.ClH.Tl/c2*1-7-5-3-2-4-6-7;;/h2*2-3,5-6H,1H3;1H;/q;;;+1/p-1. The second kappa shape index (κ2) is 5.32. The average Bonchev–Trinajstić information content (AvgIpc) is 2.28. The van der Waals surface area contributed by atoms with Crippen LogP contribution in [0.15, 0.2) is 48.5 Å². The van der Waals surface area contributed by atoms with Crippen molar-refractivity contribution >= 4 is 36.0 Å². The zero-order valence-electron chi connectivity index (χ0n) is 9.57. The van der Waals surface area contributed by atoms with Gasteiger partial charge in [0.15, 0.2) is 0 Å². The van der Waals surface area contributed by atoms with Crippen LogP contribution < -0.4 is 6.25 Å². The van der Waals surface area contributed by atoms with E-state index in [-0.39, 0.29) is 0 Å². The molecule has 0 saturated heterocycles. The molecule has 0 saturated carbocycles. The minimum absolute atomic E-state index is 1.30. The first-order chi connectivity index (χ1) is 7.66. The molecular formula is C14H14ClTl. The van der Waals surface area contributed by atoms with Gasteiger partial charge in [0.2, 0.25) is 0 Å². The predicted molar refractivity (Wildman–Crippen MR) is 73.2 cm³/mol. The molecule has 2 heteroatoms. The summed E-state index contributed by atoms with van der Waals surface area (Å²) in [4.78, 5) is 0. The first-order valence-corrected chi connectivity index (χ1v) is 15.5. The average molecular weight is 422 g/mol. The first-order valence-electron chi connectivity index (χ1n) is 5.44. The molecule has 0 radical (unpaired) electrons. The van der Waals surface area contributed by atoms with Gasteiger partial charge in [0, 0.05) is 0 Å². The summed E-state index contributed by atoms with van der Waals surface area (Å²) < 4.78 is 2.76. The van der Waals surface area contributed by atoms with Crippen LogP contribution >= 0.6 is 8.32 Å². The summed E-state index contributed by atoms with van der Waals surface area (Å²) >= 11 is -2.37. The quantitative estimate of drug-likeness (QED) is 0.654. The Kier molecular flexibility index (Phi) is 4.03. The van der Waals surface area contributed by atoms with Crippen LogP contribution in [0.25, 0.3) is 0 Å². The van der Waals surface area contributed by atoms with Crippen molar-refractivity contribution < 1.29 is 0 Å². The Morgan fingerprint density at radius 2 is 1.25 bits per heavy atom. The van der Waals surface area contributed by atoms with Crippen molar-refractivity contribution in [2.45, 2.75) is 13.8 Å². The summed E-state index contributed by atoms with van der Waals surface area (Å²) in [6.07, 6.45) is 0. The second-order valence-corrected chi connectivity index (χ2v) is 16.0. The summed E-state index contributed by atoms with van der Waals surface area (Å²) in [6.45, 7) is 4.24. The number of hydrogen-bond acceptors (Lipinski definition) is 0. The Bertz CT molecular complexity index is 448. The van der Waals surface area contributed by atoms with Crippen molar-refractivity contribution in [2.75, 3.05) is 0 Å². The summed E-state index contributed by atoms with van der Waals surface area (Å²) in [7, 11) is 6.70. The third kappa shape index (κ3) is 2.86. The van der Waals surface area contributed by atoms with E-state index in [0.29, 0.717) is 0 Å². The van der Waals surface area contributed by atoms with Crippen LogP contribution in [-0.2, 0) is 0 Å². The van der Waals surface area contributed by atoms with Crippen LogP contribution in [0, 0.1) is 13.8 Å². The SMILES string of the molecule is Cc1ccc[c]([Tl]([Cl])[c]2cccc(C)c2)c1. The zero-order valence-corrected chi connectivity index (χ0v) is 14.8. The predicted octanol–water partition coefficient (Wildman–Crippen LogP) is 2.65. The molecule has 0 spiro atoms. The Morgan fingerprint density at radius 1 is 0.812 bits per heavy atom. The Balaban J connectivity index is 2.35. The fourth-order valence-corrected chi connectivity index (χ4v) is 11.1. The normalized spacial score (nSPS) is 10.2. The summed E-state index contributed by atoms with van der Waals surface area (Å²) in [5, 5.41) is 0. The molecule has 0 atom stereocenters. The van der Waals surface area contributed by atoms with Crippen molar-refractivity contribution in [3.63, 3.8) is 0 Å². The van der Waals surface area contributed by atoms with E-state index >= 15 is 0 Å². The number of hydrogen-bond donors (Lipinski definition) is 0. The van der Waals surface area contributed by atoms with E-state index in [1.165, 1.54) is 17.4 Å². The molecule has 0 aromatic heterocycles. The fourth-order valence-electron chi connectivity index (χ4n) is 1.85. The second-order valence-electron chi connectivity index (χ2n) is 4.19. The van der Waals surface area contributed by atoms with Crippen molar-refractivity contribution in [3.05, 3.63) is 59.7 Å². The summed E-state index contributed by atoms with van der Waals surface area (Å²) in [6, 6.07) is 17.3. The molecule has 0 nitrogen and oxygen atoms in total. The van der Waals surface area contributed by atoms with E-state index in [0.717, 1.165) is 0 Å². The molecular weight excluding hydrogens is 408 g/mol.